The van der Waals surface area contributed by atoms with E-state index in [0.29, 0.717) is 0 Å². The second-order valence-corrected chi connectivity index (χ2v) is 5.44. The van der Waals surface area contributed by atoms with Crippen molar-refractivity contribution in [2.24, 2.45) is 0 Å². The summed E-state index contributed by atoms with van der Waals surface area (Å²) >= 11 is 1.71. The summed E-state index contributed by atoms with van der Waals surface area (Å²) in [5.74, 6) is 1.54. The highest BCUT2D eigenvalue weighted by Crippen LogP contribution is 2.30. The van der Waals surface area contributed by atoms with Gasteiger partial charge in [0, 0.05) is 29.7 Å². The number of nitrogens with one attached hydrogen (secondary N) is 1. The number of ether oxygens (including phenoxy) is 2. The number of nitrogens with zero attached hydrogens (tertiary/aromatic N) is 1. The van der Waals surface area contributed by atoms with Crippen molar-refractivity contribution >= 4 is 11.3 Å². The maximum absolute atomic E-state index is 5.40. The standard InChI is InChI=1S/C14H18N2O2S/c1-10-7-16-13(19-10)9-15-8-11-5-4-6-12(17-2)14(11)18-3/h4-7,15H,8-9H2,1-3H3. The van der Waals surface area contributed by atoms with Crippen molar-refractivity contribution < 1.29 is 9.47 Å². The SMILES string of the molecule is COc1cccc(CNCc2ncc(C)s2)c1OC. The Morgan fingerprint density at radius 1 is 1.21 bits per heavy atom. The number of benzene rings is 1. The molecule has 0 saturated heterocycles. The fraction of sp³-hybridized carbons (Fsp3) is 0.357. The van der Waals surface area contributed by atoms with Gasteiger partial charge in [-0.1, -0.05) is 12.1 Å². The molecule has 1 aromatic heterocycles. The van der Waals surface area contributed by atoms with Crippen LogP contribution in [-0.4, -0.2) is 19.2 Å². The molecule has 1 heterocycles. The molecule has 1 N–H and O–H groups in total. The van der Waals surface area contributed by atoms with Gasteiger partial charge in [-0.3, -0.25) is 0 Å². The molecule has 0 radical (unpaired) electrons. The molecule has 0 unspecified atom stereocenters. The summed E-state index contributed by atoms with van der Waals surface area (Å²) < 4.78 is 10.7. The van der Waals surface area contributed by atoms with E-state index in [2.05, 4.69) is 17.2 Å². The second-order valence-electron chi connectivity index (χ2n) is 4.12. The molecule has 0 bridgehead atoms. The van der Waals surface area contributed by atoms with Crippen molar-refractivity contribution in [3.63, 3.8) is 0 Å². The van der Waals surface area contributed by atoms with Gasteiger partial charge >= 0.3 is 0 Å². The minimum Gasteiger partial charge on any atom is -0.493 e. The molecule has 0 atom stereocenters. The summed E-state index contributed by atoms with van der Waals surface area (Å²) in [5, 5.41) is 4.47. The Kier molecular flexibility index (Phi) is 4.76. The first kappa shape index (κ1) is 13.8. The number of aryl methyl sites for hydroxylation is 1. The van der Waals surface area contributed by atoms with Crippen molar-refractivity contribution in [3.8, 4) is 11.5 Å². The fourth-order valence-electron chi connectivity index (χ4n) is 1.88. The van der Waals surface area contributed by atoms with Gasteiger partial charge < -0.3 is 14.8 Å². The predicted octanol–water partition coefficient (Wildman–Crippen LogP) is 2.76. The number of methoxy groups -OCH3 is 2. The van der Waals surface area contributed by atoms with E-state index in [1.807, 2.05) is 24.4 Å². The van der Waals surface area contributed by atoms with Crippen molar-refractivity contribution in [3.05, 3.63) is 39.8 Å². The van der Waals surface area contributed by atoms with Crippen LogP contribution in [0.25, 0.3) is 0 Å². The lowest BCUT2D eigenvalue weighted by molar-refractivity contribution is 0.350. The third-order valence-electron chi connectivity index (χ3n) is 2.75. The van der Waals surface area contributed by atoms with E-state index in [9.17, 15) is 0 Å². The lowest BCUT2D eigenvalue weighted by Gasteiger charge is -2.12. The zero-order chi connectivity index (χ0) is 13.7. The minimum absolute atomic E-state index is 0.721. The summed E-state index contributed by atoms with van der Waals surface area (Å²) in [6, 6.07) is 5.89. The molecule has 2 rings (SSSR count). The van der Waals surface area contributed by atoms with Gasteiger partial charge in [-0.15, -0.1) is 11.3 Å². The molecule has 0 spiro atoms. The maximum Gasteiger partial charge on any atom is 0.165 e. The Bertz CT molecular complexity index is 540. The molecule has 0 fully saturated rings. The first-order valence-corrected chi connectivity index (χ1v) is 6.88. The van der Waals surface area contributed by atoms with Crippen LogP contribution in [0.4, 0.5) is 0 Å². The predicted molar refractivity (Wildman–Crippen MR) is 76.9 cm³/mol. The molecule has 1 aromatic carbocycles. The molecule has 0 saturated carbocycles. The Morgan fingerprint density at radius 2 is 2.05 bits per heavy atom. The summed E-state index contributed by atoms with van der Waals surface area (Å²) in [4.78, 5) is 5.56. The molecule has 2 aromatic rings. The van der Waals surface area contributed by atoms with Gasteiger partial charge in [0.2, 0.25) is 0 Å². The van der Waals surface area contributed by atoms with E-state index in [4.69, 9.17) is 9.47 Å². The molecule has 19 heavy (non-hydrogen) atoms. The zero-order valence-electron chi connectivity index (χ0n) is 11.4. The molecule has 5 heteroatoms. The van der Waals surface area contributed by atoms with Gasteiger partial charge in [-0.2, -0.15) is 0 Å². The average molecular weight is 278 g/mol. The lowest BCUT2D eigenvalue weighted by atomic mass is 10.2. The summed E-state index contributed by atoms with van der Waals surface area (Å²) in [6.07, 6.45) is 1.90. The molecular formula is C14H18N2O2S. The maximum atomic E-state index is 5.40. The van der Waals surface area contributed by atoms with Gasteiger partial charge in [0.15, 0.2) is 11.5 Å². The number of hydrogen-bond donors (Lipinski definition) is 1. The Labute approximate surface area is 117 Å². The van der Waals surface area contributed by atoms with Crippen molar-refractivity contribution in [2.75, 3.05) is 14.2 Å². The van der Waals surface area contributed by atoms with Gasteiger partial charge in [-0.25, -0.2) is 4.98 Å². The topological polar surface area (TPSA) is 43.4 Å². The molecular weight excluding hydrogens is 260 g/mol. The zero-order valence-corrected chi connectivity index (χ0v) is 12.2. The van der Waals surface area contributed by atoms with Crippen LogP contribution in [0.15, 0.2) is 24.4 Å². The van der Waals surface area contributed by atoms with E-state index in [0.717, 1.165) is 35.2 Å². The van der Waals surface area contributed by atoms with E-state index in [1.165, 1.54) is 4.88 Å². The van der Waals surface area contributed by atoms with E-state index < -0.39 is 0 Å². The first-order valence-electron chi connectivity index (χ1n) is 6.06. The van der Waals surface area contributed by atoms with Crippen LogP contribution in [0, 0.1) is 6.92 Å². The van der Waals surface area contributed by atoms with Crippen molar-refractivity contribution in [1.82, 2.24) is 10.3 Å². The third kappa shape index (κ3) is 3.45. The lowest BCUT2D eigenvalue weighted by Crippen LogP contribution is -2.13. The van der Waals surface area contributed by atoms with Gasteiger partial charge in [0.1, 0.15) is 5.01 Å². The van der Waals surface area contributed by atoms with Crippen LogP contribution in [0.2, 0.25) is 0 Å². The van der Waals surface area contributed by atoms with Gasteiger partial charge in [0.05, 0.1) is 14.2 Å². The Balaban J connectivity index is 1.99. The monoisotopic (exact) mass is 278 g/mol. The quantitative estimate of drug-likeness (QED) is 0.882. The van der Waals surface area contributed by atoms with Crippen molar-refractivity contribution in [2.45, 2.75) is 20.0 Å². The van der Waals surface area contributed by atoms with Gasteiger partial charge in [0.25, 0.3) is 0 Å². The van der Waals surface area contributed by atoms with Crippen LogP contribution < -0.4 is 14.8 Å². The van der Waals surface area contributed by atoms with Crippen LogP contribution >= 0.6 is 11.3 Å². The molecule has 0 aliphatic carbocycles. The number of hydrogen-bond acceptors (Lipinski definition) is 5. The average Bonchev–Trinajstić information content (AvgIpc) is 2.84. The molecule has 0 aliphatic rings. The second kappa shape index (κ2) is 6.54. The first-order chi connectivity index (χ1) is 9.24. The molecule has 4 nitrogen and oxygen atoms in total. The normalized spacial score (nSPS) is 10.5. The van der Waals surface area contributed by atoms with Gasteiger partial charge in [-0.05, 0) is 13.0 Å². The highest BCUT2D eigenvalue weighted by Gasteiger charge is 2.09. The van der Waals surface area contributed by atoms with Crippen LogP contribution in [-0.2, 0) is 13.1 Å². The third-order valence-corrected chi connectivity index (χ3v) is 3.66. The van der Waals surface area contributed by atoms with E-state index in [1.54, 1.807) is 25.6 Å². The van der Waals surface area contributed by atoms with Crippen LogP contribution in [0.1, 0.15) is 15.4 Å². The Hall–Kier alpha value is -1.59. The van der Waals surface area contributed by atoms with Crippen molar-refractivity contribution in [1.29, 1.82) is 0 Å². The number of aromatic nitrogens is 1. The smallest absolute Gasteiger partial charge is 0.165 e. The minimum atomic E-state index is 0.721. The molecule has 102 valence electrons. The number of rotatable bonds is 6. The largest absolute Gasteiger partial charge is 0.493 e. The number of thiazole rings is 1. The highest BCUT2D eigenvalue weighted by molar-refractivity contribution is 7.11. The molecule has 0 aliphatic heterocycles. The highest BCUT2D eigenvalue weighted by atomic mass is 32.1. The van der Waals surface area contributed by atoms with Crippen LogP contribution in [0.3, 0.4) is 0 Å². The Morgan fingerprint density at radius 3 is 2.68 bits per heavy atom. The van der Waals surface area contributed by atoms with Crippen LogP contribution in [0.5, 0.6) is 11.5 Å². The number of para-hydroxylation sites is 1. The summed E-state index contributed by atoms with van der Waals surface area (Å²) in [5.41, 5.74) is 1.08. The van der Waals surface area contributed by atoms with E-state index in [-0.39, 0.29) is 0 Å². The summed E-state index contributed by atoms with van der Waals surface area (Å²) in [7, 11) is 3.30. The van der Waals surface area contributed by atoms with E-state index >= 15 is 0 Å². The molecule has 0 amide bonds. The summed E-state index contributed by atoms with van der Waals surface area (Å²) in [6.45, 7) is 3.55. The fourth-order valence-corrected chi connectivity index (χ4v) is 2.64.